The maximum absolute atomic E-state index is 11.7. The Morgan fingerprint density at radius 3 is 3.08 bits per heavy atom. The van der Waals surface area contributed by atoms with Gasteiger partial charge in [-0.1, -0.05) is 12.1 Å². The fourth-order valence-corrected chi connectivity index (χ4v) is 4.71. The number of carbonyl (C=O) groups is 1. The van der Waals surface area contributed by atoms with Crippen molar-refractivity contribution in [2.75, 3.05) is 39.4 Å². The smallest absolute Gasteiger partial charge is 0.219 e. The molecule has 0 spiro atoms. The molecular formula is C19H26N2O3. The molecule has 0 radical (unpaired) electrons. The number of benzene rings is 1. The number of amides is 1. The van der Waals surface area contributed by atoms with E-state index in [-0.39, 0.29) is 17.9 Å². The predicted octanol–water partition coefficient (Wildman–Crippen LogP) is 1.28. The van der Waals surface area contributed by atoms with Crippen LogP contribution >= 0.6 is 0 Å². The molecule has 3 aliphatic heterocycles. The monoisotopic (exact) mass is 330 g/mol. The number of rotatable bonds is 3. The third-order valence-electron chi connectivity index (χ3n) is 6.06. The first-order valence-corrected chi connectivity index (χ1v) is 8.93. The SMILES string of the molecule is CC(=O)N1CC[C@@H]2CN(Cc3ccc4c(c3)CCO4)C[C@]2(CO)C1. The lowest BCUT2D eigenvalue weighted by Gasteiger charge is -2.42. The van der Waals surface area contributed by atoms with E-state index < -0.39 is 0 Å². The molecule has 5 heteroatoms. The predicted molar refractivity (Wildman–Crippen MR) is 90.8 cm³/mol. The lowest BCUT2D eigenvalue weighted by molar-refractivity contribution is -0.134. The van der Waals surface area contributed by atoms with Gasteiger partial charge in [0.25, 0.3) is 0 Å². The van der Waals surface area contributed by atoms with Crippen molar-refractivity contribution in [2.45, 2.75) is 26.3 Å². The van der Waals surface area contributed by atoms with Gasteiger partial charge < -0.3 is 14.7 Å². The molecule has 130 valence electrons. The van der Waals surface area contributed by atoms with Gasteiger partial charge in [0, 0.05) is 51.5 Å². The van der Waals surface area contributed by atoms with Crippen molar-refractivity contribution in [3.63, 3.8) is 0 Å². The summed E-state index contributed by atoms with van der Waals surface area (Å²) in [6.07, 6.45) is 1.99. The summed E-state index contributed by atoms with van der Waals surface area (Å²) in [4.78, 5) is 16.1. The molecule has 1 aromatic carbocycles. The first-order valence-electron chi connectivity index (χ1n) is 8.93. The molecular weight excluding hydrogens is 304 g/mol. The molecule has 0 aromatic heterocycles. The molecule has 3 aliphatic rings. The third kappa shape index (κ3) is 2.70. The van der Waals surface area contributed by atoms with Gasteiger partial charge in [-0.05, 0) is 29.5 Å². The zero-order chi connectivity index (χ0) is 16.7. The minimum atomic E-state index is -0.149. The number of ether oxygens (including phenoxy) is 1. The maximum atomic E-state index is 11.7. The van der Waals surface area contributed by atoms with Gasteiger partial charge >= 0.3 is 0 Å². The average molecular weight is 330 g/mol. The fraction of sp³-hybridized carbons (Fsp3) is 0.632. The zero-order valence-corrected chi connectivity index (χ0v) is 14.3. The van der Waals surface area contributed by atoms with Crippen LogP contribution in [-0.2, 0) is 17.8 Å². The Labute approximate surface area is 143 Å². The molecule has 0 bridgehead atoms. The summed E-state index contributed by atoms with van der Waals surface area (Å²) < 4.78 is 5.58. The Balaban J connectivity index is 1.48. The van der Waals surface area contributed by atoms with Crippen LogP contribution in [0.25, 0.3) is 0 Å². The molecule has 2 saturated heterocycles. The number of fused-ring (bicyclic) bond motifs is 2. The molecule has 2 atom stereocenters. The molecule has 5 nitrogen and oxygen atoms in total. The normalized spacial score (nSPS) is 29.2. The van der Waals surface area contributed by atoms with E-state index in [9.17, 15) is 9.90 Å². The zero-order valence-electron chi connectivity index (χ0n) is 14.3. The second-order valence-corrected chi connectivity index (χ2v) is 7.66. The molecule has 0 aliphatic carbocycles. The highest BCUT2D eigenvalue weighted by Gasteiger charge is 2.49. The molecule has 2 fully saturated rings. The van der Waals surface area contributed by atoms with Crippen LogP contribution in [0.5, 0.6) is 5.75 Å². The Morgan fingerprint density at radius 1 is 1.42 bits per heavy atom. The summed E-state index contributed by atoms with van der Waals surface area (Å²) in [5.74, 6) is 1.63. The molecule has 4 rings (SSSR count). The van der Waals surface area contributed by atoms with Gasteiger partial charge in [-0.15, -0.1) is 0 Å². The first-order chi connectivity index (χ1) is 11.6. The second kappa shape index (κ2) is 6.05. The highest BCUT2D eigenvalue weighted by molar-refractivity contribution is 5.73. The number of aliphatic hydroxyl groups excluding tert-OH is 1. The van der Waals surface area contributed by atoms with Crippen LogP contribution in [0.4, 0.5) is 0 Å². The highest BCUT2D eigenvalue weighted by Crippen LogP contribution is 2.42. The van der Waals surface area contributed by atoms with Gasteiger partial charge in [0.1, 0.15) is 5.75 Å². The van der Waals surface area contributed by atoms with Crippen LogP contribution in [0.3, 0.4) is 0 Å². The van der Waals surface area contributed by atoms with E-state index in [1.807, 2.05) is 4.90 Å². The first kappa shape index (κ1) is 15.9. The molecule has 3 heterocycles. The lowest BCUT2D eigenvalue weighted by atomic mass is 9.74. The van der Waals surface area contributed by atoms with Crippen LogP contribution in [0.15, 0.2) is 18.2 Å². The average Bonchev–Trinajstić information content (AvgIpc) is 3.17. The summed E-state index contributed by atoms with van der Waals surface area (Å²) in [5.41, 5.74) is 2.47. The van der Waals surface area contributed by atoms with Crippen molar-refractivity contribution in [2.24, 2.45) is 11.3 Å². The minimum absolute atomic E-state index is 0.123. The lowest BCUT2D eigenvalue weighted by Crippen LogP contribution is -2.52. The molecule has 0 saturated carbocycles. The summed E-state index contributed by atoms with van der Waals surface area (Å²) in [7, 11) is 0. The summed E-state index contributed by atoms with van der Waals surface area (Å²) in [6.45, 7) is 6.89. The van der Waals surface area contributed by atoms with Crippen LogP contribution in [-0.4, -0.2) is 60.2 Å². The quantitative estimate of drug-likeness (QED) is 0.907. The van der Waals surface area contributed by atoms with Gasteiger partial charge in [-0.3, -0.25) is 9.69 Å². The molecule has 0 unspecified atom stereocenters. The molecule has 1 N–H and O–H groups in total. The van der Waals surface area contributed by atoms with Crippen molar-refractivity contribution in [3.05, 3.63) is 29.3 Å². The van der Waals surface area contributed by atoms with Gasteiger partial charge in [0.15, 0.2) is 0 Å². The number of hydrogen-bond donors (Lipinski definition) is 1. The number of piperidine rings is 1. The van der Waals surface area contributed by atoms with Gasteiger partial charge in [-0.2, -0.15) is 0 Å². The van der Waals surface area contributed by atoms with Crippen molar-refractivity contribution < 1.29 is 14.6 Å². The standard InChI is InChI=1S/C19H26N2O3/c1-14(23)21-6-4-17-10-20(11-19(17,12-21)13-22)9-15-2-3-18-16(8-15)5-7-24-18/h2-3,8,17,22H,4-7,9-13H2,1H3/t17-,19-/m1/s1. The summed E-state index contributed by atoms with van der Waals surface area (Å²) in [5, 5.41) is 10.1. The van der Waals surface area contributed by atoms with E-state index in [1.54, 1.807) is 6.92 Å². The summed E-state index contributed by atoms with van der Waals surface area (Å²) in [6, 6.07) is 6.50. The number of nitrogens with zero attached hydrogens (tertiary/aromatic N) is 2. The summed E-state index contributed by atoms with van der Waals surface area (Å²) >= 11 is 0. The Morgan fingerprint density at radius 2 is 2.29 bits per heavy atom. The largest absolute Gasteiger partial charge is 0.493 e. The van der Waals surface area contributed by atoms with Gasteiger partial charge in [0.05, 0.1) is 13.2 Å². The second-order valence-electron chi connectivity index (χ2n) is 7.66. The van der Waals surface area contributed by atoms with Gasteiger partial charge in [0.2, 0.25) is 5.91 Å². The van der Waals surface area contributed by atoms with Crippen molar-refractivity contribution in [3.8, 4) is 5.75 Å². The van der Waals surface area contributed by atoms with E-state index >= 15 is 0 Å². The fourth-order valence-electron chi connectivity index (χ4n) is 4.71. The van der Waals surface area contributed by atoms with Crippen LogP contribution in [0, 0.1) is 11.3 Å². The molecule has 1 amide bonds. The molecule has 24 heavy (non-hydrogen) atoms. The number of carbonyl (C=O) groups excluding carboxylic acids is 1. The van der Waals surface area contributed by atoms with E-state index in [0.29, 0.717) is 12.5 Å². The van der Waals surface area contributed by atoms with Crippen LogP contribution < -0.4 is 4.74 Å². The Bertz CT molecular complexity index is 647. The molecule has 1 aromatic rings. The topological polar surface area (TPSA) is 53.0 Å². The third-order valence-corrected chi connectivity index (χ3v) is 6.06. The van der Waals surface area contributed by atoms with Crippen molar-refractivity contribution >= 4 is 5.91 Å². The number of aliphatic hydroxyl groups is 1. The van der Waals surface area contributed by atoms with Gasteiger partial charge in [-0.25, -0.2) is 0 Å². The minimum Gasteiger partial charge on any atom is -0.493 e. The van der Waals surface area contributed by atoms with E-state index in [1.165, 1.54) is 11.1 Å². The highest BCUT2D eigenvalue weighted by atomic mass is 16.5. The van der Waals surface area contributed by atoms with E-state index in [2.05, 4.69) is 23.1 Å². The van der Waals surface area contributed by atoms with E-state index in [4.69, 9.17) is 4.74 Å². The Hall–Kier alpha value is -1.59. The number of likely N-dealkylation sites (tertiary alicyclic amines) is 2. The van der Waals surface area contributed by atoms with Crippen molar-refractivity contribution in [1.29, 1.82) is 0 Å². The maximum Gasteiger partial charge on any atom is 0.219 e. The number of hydrogen-bond acceptors (Lipinski definition) is 4. The van der Waals surface area contributed by atoms with Crippen molar-refractivity contribution in [1.82, 2.24) is 9.80 Å². The van der Waals surface area contributed by atoms with Crippen LogP contribution in [0.1, 0.15) is 24.5 Å². The van der Waals surface area contributed by atoms with E-state index in [0.717, 1.165) is 51.4 Å². The Kier molecular flexibility index (Phi) is 4.01. The van der Waals surface area contributed by atoms with Crippen LogP contribution in [0.2, 0.25) is 0 Å².